The number of aromatic nitrogens is 2. The summed E-state index contributed by atoms with van der Waals surface area (Å²) in [7, 11) is 2.92. The van der Waals surface area contributed by atoms with Crippen LogP contribution in [0, 0.1) is 18.3 Å². The number of rotatable bonds is 4. The van der Waals surface area contributed by atoms with E-state index in [-0.39, 0.29) is 12.1 Å². The SMILES string of the molecule is COc1ccc(C)cc1C(O)Cn1c(=O)c(C#N)cn(C)c1=O. The number of aliphatic hydroxyl groups excluding tert-OH is 1. The third-order valence-electron chi connectivity index (χ3n) is 3.55. The number of methoxy groups -OCH3 is 1. The van der Waals surface area contributed by atoms with Crippen LogP contribution in [0.3, 0.4) is 0 Å². The van der Waals surface area contributed by atoms with Gasteiger partial charge in [-0.3, -0.25) is 9.36 Å². The van der Waals surface area contributed by atoms with Gasteiger partial charge in [0.2, 0.25) is 0 Å². The second kappa shape index (κ2) is 6.50. The van der Waals surface area contributed by atoms with E-state index in [9.17, 15) is 14.7 Å². The number of hydrogen-bond donors (Lipinski definition) is 1. The van der Waals surface area contributed by atoms with Gasteiger partial charge in [0.15, 0.2) is 0 Å². The highest BCUT2D eigenvalue weighted by molar-refractivity contribution is 5.38. The Hall–Kier alpha value is -2.85. The molecule has 0 aliphatic rings. The quantitative estimate of drug-likeness (QED) is 0.884. The van der Waals surface area contributed by atoms with Crippen molar-refractivity contribution in [1.29, 1.82) is 5.26 Å². The summed E-state index contributed by atoms with van der Waals surface area (Å²) in [5.41, 5.74) is -0.0915. The zero-order chi connectivity index (χ0) is 17.1. The van der Waals surface area contributed by atoms with Crippen LogP contribution in [0.25, 0.3) is 0 Å². The first-order valence-corrected chi connectivity index (χ1v) is 6.92. The highest BCUT2D eigenvalue weighted by atomic mass is 16.5. The molecule has 1 N–H and O–H groups in total. The van der Waals surface area contributed by atoms with E-state index in [0.29, 0.717) is 11.3 Å². The Kier molecular flexibility index (Phi) is 4.67. The van der Waals surface area contributed by atoms with Gasteiger partial charge in [-0.1, -0.05) is 11.6 Å². The molecule has 0 saturated carbocycles. The van der Waals surface area contributed by atoms with E-state index in [1.54, 1.807) is 18.2 Å². The van der Waals surface area contributed by atoms with Crippen molar-refractivity contribution in [3.63, 3.8) is 0 Å². The number of nitriles is 1. The molecular formula is C16H17N3O4. The summed E-state index contributed by atoms with van der Waals surface area (Å²) in [5.74, 6) is 0.462. The highest BCUT2D eigenvalue weighted by Crippen LogP contribution is 2.26. The maximum atomic E-state index is 12.1. The van der Waals surface area contributed by atoms with Gasteiger partial charge in [-0.2, -0.15) is 5.26 Å². The molecule has 0 aliphatic heterocycles. The second-order valence-corrected chi connectivity index (χ2v) is 5.23. The van der Waals surface area contributed by atoms with Crippen molar-refractivity contribution < 1.29 is 9.84 Å². The van der Waals surface area contributed by atoms with Gasteiger partial charge >= 0.3 is 5.69 Å². The van der Waals surface area contributed by atoms with E-state index in [1.165, 1.54) is 20.4 Å². The van der Waals surface area contributed by atoms with E-state index < -0.39 is 17.4 Å². The average Bonchev–Trinajstić information content (AvgIpc) is 2.54. The number of hydrogen-bond acceptors (Lipinski definition) is 5. The van der Waals surface area contributed by atoms with Gasteiger partial charge in [-0.15, -0.1) is 0 Å². The molecule has 0 amide bonds. The van der Waals surface area contributed by atoms with Crippen molar-refractivity contribution in [2.75, 3.05) is 7.11 Å². The molecule has 0 radical (unpaired) electrons. The summed E-state index contributed by atoms with van der Waals surface area (Å²) < 4.78 is 7.20. The van der Waals surface area contributed by atoms with E-state index in [2.05, 4.69) is 0 Å². The fraction of sp³-hybridized carbons (Fsp3) is 0.312. The van der Waals surface area contributed by atoms with Crippen molar-refractivity contribution in [3.8, 4) is 11.8 Å². The van der Waals surface area contributed by atoms with E-state index in [1.807, 2.05) is 13.0 Å². The molecule has 1 heterocycles. The zero-order valence-electron chi connectivity index (χ0n) is 13.1. The molecule has 1 aromatic heterocycles. The second-order valence-electron chi connectivity index (χ2n) is 5.23. The monoisotopic (exact) mass is 315 g/mol. The Morgan fingerprint density at radius 1 is 1.39 bits per heavy atom. The summed E-state index contributed by atoms with van der Waals surface area (Å²) in [6.07, 6.45) is 0.0602. The van der Waals surface area contributed by atoms with Crippen molar-refractivity contribution in [3.05, 3.63) is 61.9 Å². The minimum Gasteiger partial charge on any atom is -0.496 e. The van der Waals surface area contributed by atoms with Crippen LogP contribution < -0.4 is 16.0 Å². The van der Waals surface area contributed by atoms with Crippen LogP contribution in [0.1, 0.15) is 22.8 Å². The molecule has 1 aromatic carbocycles. The maximum Gasteiger partial charge on any atom is 0.330 e. The fourth-order valence-electron chi connectivity index (χ4n) is 2.35. The summed E-state index contributed by atoms with van der Waals surface area (Å²) in [6, 6.07) is 7.02. The minimum atomic E-state index is -1.12. The summed E-state index contributed by atoms with van der Waals surface area (Å²) in [6.45, 7) is 1.60. The van der Waals surface area contributed by atoms with E-state index in [4.69, 9.17) is 10.00 Å². The lowest BCUT2D eigenvalue weighted by Crippen LogP contribution is -2.41. The number of aliphatic hydroxyl groups is 1. The first-order chi connectivity index (χ1) is 10.9. The smallest absolute Gasteiger partial charge is 0.330 e. The third kappa shape index (κ3) is 3.17. The summed E-state index contributed by atoms with van der Waals surface area (Å²) in [5, 5.41) is 19.4. The van der Waals surface area contributed by atoms with Crippen LogP contribution in [-0.2, 0) is 13.6 Å². The Bertz CT molecular complexity index is 890. The van der Waals surface area contributed by atoms with E-state index in [0.717, 1.165) is 14.7 Å². The number of ether oxygens (including phenoxy) is 1. The number of benzene rings is 1. The van der Waals surface area contributed by atoms with Crippen LogP contribution in [-0.4, -0.2) is 21.4 Å². The molecule has 7 nitrogen and oxygen atoms in total. The zero-order valence-corrected chi connectivity index (χ0v) is 13.1. The van der Waals surface area contributed by atoms with Gasteiger partial charge in [0, 0.05) is 18.8 Å². The predicted octanol–water partition coefficient (Wildman–Crippen LogP) is 0.469. The maximum absolute atomic E-state index is 12.1. The molecule has 2 aromatic rings. The summed E-state index contributed by atoms with van der Waals surface area (Å²) in [4.78, 5) is 24.3. The Morgan fingerprint density at radius 3 is 2.70 bits per heavy atom. The number of aryl methyl sites for hydroxylation is 2. The lowest BCUT2D eigenvalue weighted by Gasteiger charge is -2.17. The molecule has 7 heteroatoms. The molecule has 23 heavy (non-hydrogen) atoms. The van der Waals surface area contributed by atoms with E-state index >= 15 is 0 Å². The van der Waals surface area contributed by atoms with Crippen LogP contribution >= 0.6 is 0 Å². The predicted molar refractivity (Wildman–Crippen MR) is 83.3 cm³/mol. The van der Waals surface area contributed by atoms with Crippen LogP contribution in [0.5, 0.6) is 5.75 Å². The van der Waals surface area contributed by atoms with Crippen LogP contribution in [0.4, 0.5) is 0 Å². The molecule has 1 atom stereocenters. The standard InChI is InChI=1S/C16H17N3O4/c1-10-4-5-14(23-3)12(6-10)13(20)9-19-15(21)11(7-17)8-18(2)16(19)22/h4-6,8,13,20H,9H2,1-3H3. The minimum absolute atomic E-state index is 0.157. The van der Waals surface area contributed by atoms with Crippen LogP contribution in [0.2, 0.25) is 0 Å². The molecular weight excluding hydrogens is 298 g/mol. The fourth-order valence-corrected chi connectivity index (χ4v) is 2.35. The van der Waals surface area contributed by atoms with Gasteiger partial charge in [0.1, 0.15) is 23.5 Å². The lowest BCUT2D eigenvalue weighted by molar-refractivity contribution is 0.148. The molecule has 120 valence electrons. The molecule has 0 fully saturated rings. The Labute approximate surface area is 132 Å². The molecule has 0 aliphatic carbocycles. The summed E-state index contributed by atoms with van der Waals surface area (Å²) >= 11 is 0. The normalized spacial score (nSPS) is 11.8. The molecule has 1 unspecified atom stereocenters. The first-order valence-electron chi connectivity index (χ1n) is 6.92. The lowest BCUT2D eigenvalue weighted by atomic mass is 10.1. The topological polar surface area (TPSA) is 97.2 Å². The molecule has 2 rings (SSSR count). The Morgan fingerprint density at radius 2 is 2.09 bits per heavy atom. The third-order valence-corrected chi connectivity index (χ3v) is 3.55. The van der Waals surface area contributed by atoms with Crippen molar-refractivity contribution in [2.45, 2.75) is 19.6 Å². The molecule has 0 spiro atoms. The van der Waals surface area contributed by atoms with Gasteiger partial charge in [0.25, 0.3) is 5.56 Å². The van der Waals surface area contributed by atoms with Crippen molar-refractivity contribution >= 4 is 0 Å². The largest absolute Gasteiger partial charge is 0.496 e. The Balaban J connectivity index is 2.50. The van der Waals surface area contributed by atoms with Gasteiger partial charge in [-0.05, 0) is 19.1 Å². The van der Waals surface area contributed by atoms with Crippen molar-refractivity contribution in [1.82, 2.24) is 9.13 Å². The first kappa shape index (κ1) is 16.5. The van der Waals surface area contributed by atoms with Crippen molar-refractivity contribution in [2.24, 2.45) is 7.05 Å². The number of nitrogens with zero attached hydrogens (tertiary/aromatic N) is 3. The van der Waals surface area contributed by atoms with Gasteiger partial charge < -0.3 is 14.4 Å². The molecule has 0 bridgehead atoms. The molecule has 0 saturated heterocycles. The van der Waals surface area contributed by atoms with Crippen LogP contribution in [0.15, 0.2) is 34.0 Å². The van der Waals surface area contributed by atoms with Gasteiger partial charge in [-0.25, -0.2) is 4.79 Å². The highest BCUT2D eigenvalue weighted by Gasteiger charge is 2.18. The average molecular weight is 315 g/mol. The van der Waals surface area contributed by atoms with Gasteiger partial charge in [0.05, 0.1) is 13.7 Å².